The molecule has 0 aliphatic carbocycles. The second-order valence-electron chi connectivity index (χ2n) is 4.88. The van der Waals surface area contributed by atoms with E-state index in [0.29, 0.717) is 16.9 Å². The van der Waals surface area contributed by atoms with Crippen LogP contribution in [0.15, 0.2) is 21.7 Å². The van der Waals surface area contributed by atoms with Gasteiger partial charge in [0.05, 0.1) is 0 Å². The van der Waals surface area contributed by atoms with Gasteiger partial charge in [0.25, 0.3) is 5.56 Å². The molecule has 0 spiro atoms. The van der Waals surface area contributed by atoms with E-state index >= 15 is 0 Å². The molecule has 20 heavy (non-hydrogen) atoms. The van der Waals surface area contributed by atoms with Gasteiger partial charge in [-0.25, -0.2) is 4.79 Å². The molecule has 0 aliphatic heterocycles. The molecule has 0 fully saturated rings. The Hall–Kier alpha value is -1.41. The first kappa shape index (κ1) is 16.6. The predicted octanol–water partition coefficient (Wildman–Crippen LogP) is 1.57. The standard InChI is InChI=1S/C15H17N2O2.W/c1-9-6-7-13(10(2)8-9)17-14(18)11(3)12(4)16(5)15(17)19;/h7-8H,1-5H3;/q-1;. The van der Waals surface area contributed by atoms with Crippen LogP contribution < -0.4 is 11.2 Å². The Kier molecular flexibility index (Phi) is 4.93. The fourth-order valence-corrected chi connectivity index (χ4v) is 2.14. The molecule has 5 heteroatoms. The van der Waals surface area contributed by atoms with E-state index in [9.17, 15) is 9.59 Å². The topological polar surface area (TPSA) is 44.0 Å². The third-order valence-corrected chi connectivity index (χ3v) is 3.56. The zero-order valence-electron chi connectivity index (χ0n) is 12.3. The van der Waals surface area contributed by atoms with E-state index in [4.69, 9.17) is 0 Å². The van der Waals surface area contributed by atoms with Crippen LogP contribution in [0.5, 0.6) is 0 Å². The molecule has 2 aromatic rings. The Bertz CT molecular complexity index is 735. The van der Waals surface area contributed by atoms with E-state index < -0.39 is 0 Å². The van der Waals surface area contributed by atoms with Gasteiger partial charge in [0.1, 0.15) is 0 Å². The largest absolute Gasteiger partial charge is 0.324 e. The molecule has 1 aromatic heterocycles. The fourth-order valence-electron chi connectivity index (χ4n) is 2.14. The minimum atomic E-state index is -0.326. The number of hydrogen-bond acceptors (Lipinski definition) is 2. The molecule has 0 unspecified atom stereocenters. The molecule has 0 bridgehead atoms. The molecule has 0 atom stereocenters. The van der Waals surface area contributed by atoms with E-state index in [1.807, 2.05) is 19.9 Å². The van der Waals surface area contributed by atoms with Crippen molar-refractivity contribution in [2.75, 3.05) is 0 Å². The molecule has 1 aromatic carbocycles. The fraction of sp³-hybridized carbons (Fsp3) is 0.333. The molecule has 106 valence electrons. The van der Waals surface area contributed by atoms with Crippen molar-refractivity contribution in [1.82, 2.24) is 9.13 Å². The smallest absolute Gasteiger partial charge is 0.301 e. The SMILES string of the molecule is Cc1[c-]cc(-n2c(=O)c(C)c(C)n(C)c2=O)c(C)c1.[W]. The number of nitrogens with zero attached hydrogens (tertiary/aromatic N) is 2. The molecule has 2 rings (SSSR count). The average molecular weight is 441 g/mol. The number of hydrogen-bond donors (Lipinski definition) is 0. The van der Waals surface area contributed by atoms with Crippen molar-refractivity contribution in [3.8, 4) is 5.69 Å². The molecule has 0 radical (unpaired) electrons. The van der Waals surface area contributed by atoms with Crippen molar-refractivity contribution >= 4 is 0 Å². The average Bonchev–Trinajstić information content (AvgIpc) is 2.37. The van der Waals surface area contributed by atoms with Crippen LogP contribution in [0.3, 0.4) is 0 Å². The zero-order valence-corrected chi connectivity index (χ0v) is 15.2. The first-order valence-electron chi connectivity index (χ1n) is 6.13. The number of rotatable bonds is 1. The monoisotopic (exact) mass is 441 g/mol. The maximum absolute atomic E-state index is 12.3. The summed E-state index contributed by atoms with van der Waals surface area (Å²) >= 11 is 0. The van der Waals surface area contributed by atoms with E-state index in [1.165, 1.54) is 9.13 Å². The summed E-state index contributed by atoms with van der Waals surface area (Å²) in [5.74, 6) is 0. The van der Waals surface area contributed by atoms with E-state index in [2.05, 4.69) is 6.07 Å². The third-order valence-electron chi connectivity index (χ3n) is 3.56. The summed E-state index contributed by atoms with van der Waals surface area (Å²) in [7, 11) is 1.67. The van der Waals surface area contributed by atoms with Crippen molar-refractivity contribution in [2.24, 2.45) is 7.05 Å². The van der Waals surface area contributed by atoms with Gasteiger partial charge in [-0.3, -0.25) is 9.36 Å². The summed E-state index contributed by atoms with van der Waals surface area (Å²) < 4.78 is 2.71. The summed E-state index contributed by atoms with van der Waals surface area (Å²) in [4.78, 5) is 24.6. The van der Waals surface area contributed by atoms with Gasteiger partial charge in [-0.05, 0) is 13.8 Å². The van der Waals surface area contributed by atoms with Crippen molar-refractivity contribution < 1.29 is 21.1 Å². The van der Waals surface area contributed by atoms with Gasteiger partial charge < -0.3 is 4.57 Å². The van der Waals surface area contributed by atoms with Gasteiger partial charge in [0.2, 0.25) is 0 Å². The molecule has 0 saturated heterocycles. The van der Waals surface area contributed by atoms with E-state index in [1.54, 1.807) is 27.0 Å². The summed E-state index contributed by atoms with van der Waals surface area (Å²) in [6, 6.07) is 6.65. The van der Waals surface area contributed by atoms with Gasteiger partial charge in [-0.2, -0.15) is 23.8 Å². The van der Waals surface area contributed by atoms with Gasteiger partial charge >= 0.3 is 5.69 Å². The summed E-state index contributed by atoms with van der Waals surface area (Å²) in [6.45, 7) is 7.33. The molecule has 0 saturated carbocycles. The van der Waals surface area contributed by atoms with Crippen LogP contribution in [0.25, 0.3) is 5.69 Å². The summed E-state index contributed by atoms with van der Waals surface area (Å²) in [6.07, 6.45) is 0. The van der Waals surface area contributed by atoms with E-state index in [-0.39, 0.29) is 32.3 Å². The second kappa shape index (κ2) is 5.92. The Morgan fingerprint density at radius 2 is 1.70 bits per heavy atom. The minimum absolute atomic E-state index is 0. The Labute approximate surface area is 132 Å². The molecular weight excluding hydrogens is 424 g/mol. The van der Waals surface area contributed by atoms with Crippen LogP contribution in [0.2, 0.25) is 0 Å². The predicted molar refractivity (Wildman–Crippen MR) is 75.1 cm³/mol. The number of aryl methyl sites for hydroxylation is 2. The first-order valence-corrected chi connectivity index (χ1v) is 6.13. The summed E-state index contributed by atoms with van der Waals surface area (Å²) in [5, 5.41) is 0. The molecule has 4 nitrogen and oxygen atoms in total. The van der Waals surface area contributed by atoms with Crippen LogP contribution in [-0.4, -0.2) is 9.13 Å². The summed E-state index contributed by atoms with van der Waals surface area (Å²) in [5.41, 5.74) is 3.16. The maximum atomic E-state index is 12.3. The van der Waals surface area contributed by atoms with E-state index in [0.717, 1.165) is 11.1 Å². The minimum Gasteiger partial charge on any atom is -0.301 e. The van der Waals surface area contributed by atoms with Crippen LogP contribution in [0, 0.1) is 33.8 Å². The van der Waals surface area contributed by atoms with Crippen molar-refractivity contribution in [2.45, 2.75) is 27.7 Å². The van der Waals surface area contributed by atoms with Gasteiger partial charge in [-0.15, -0.1) is 5.56 Å². The van der Waals surface area contributed by atoms with Gasteiger partial charge in [0, 0.05) is 39.4 Å². The van der Waals surface area contributed by atoms with Crippen LogP contribution in [0.4, 0.5) is 0 Å². The van der Waals surface area contributed by atoms with Crippen molar-refractivity contribution in [1.29, 1.82) is 0 Å². The van der Waals surface area contributed by atoms with Gasteiger partial charge in [-0.1, -0.05) is 19.5 Å². The van der Waals surface area contributed by atoms with Crippen LogP contribution in [-0.2, 0) is 28.1 Å². The maximum Gasteiger partial charge on any atom is 0.324 e. The quantitative estimate of drug-likeness (QED) is 0.631. The van der Waals surface area contributed by atoms with Gasteiger partial charge in [0.15, 0.2) is 0 Å². The molecule has 0 N–H and O–H groups in total. The van der Waals surface area contributed by atoms with Crippen molar-refractivity contribution in [3.63, 3.8) is 0 Å². The van der Waals surface area contributed by atoms with Crippen LogP contribution >= 0.6 is 0 Å². The Morgan fingerprint density at radius 3 is 2.25 bits per heavy atom. The molecule has 0 aliphatic rings. The Morgan fingerprint density at radius 1 is 1.10 bits per heavy atom. The molecule has 1 heterocycles. The third kappa shape index (κ3) is 2.57. The second-order valence-corrected chi connectivity index (χ2v) is 4.88. The Balaban J connectivity index is 0.00000200. The normalized spacial score (nSPS) is 10.2. The number of aromatic nitrogens is 2. The number of benzene rings is 1. The van der Waals surface area contributed by atoms with Crippen molar-refractivity contribution in [3.05, 3.63) is 61.4 Å². The zero-order chi connectivity index (χ0) is 14.3. The van der Waals surface area contributed by atoms with Crippen LogP contribution in [0.1, 0.15) is 22.4 Å². The first-order chi connectivity index (χ1) is 8.84. The molecule has 0 amide bonds. The molecular formula is C15H17N2O2W-.